The van der Waals surface area contributed by atoms with Gasteiger partial charge in [0.25, 0.3) is 0 Å². The molecular formula is C16H22ClN3. The van der Waals surface area contributed by atoms with Gasteiger partial charge in [0.15, 0.2) is 0 Å². The Bertz CT molecular complexity index is 561. The summed E-state index contributed by atoms with van der Waals surface area (Å²) in [6.07, 6.45) is 0. The van der Waals surface area contributed by atoms with E-state index in [1.165, 1.54) is 5.56 Å². The number of nitrogens with zero attached hydrogens (tertiary/aromatic N) is 2. The summed E-state index contributed by atoms with van der Waals surface area (Å²) in [5.41, 5.74) is 3.14. The number of rotatable bonds is 5. The monoisotopic (exact) mass is 291 g/mol. The van der Waals surface area contributed by atoms with Gasteiger partial charge < -0.3 is 5.32 Å². The van der Waals surface area contributed by atoms with Crippen LogP contribution < -0.4 is 5.32 Å². The number of aromatic nitrogens is 2. The molecule has 0 aliphatic heterocycles. The molecule has 1 heterocycles. The maximum Gasteiger partial charge on any atom is 0.0896 e. The van der Waals surface area contributed by atoms with Gasteiger partial charge in [0.1, 0.15) is 0 Å². The number of hydrogen-bond donors (Lipinski definition) is 1. The molecule has 0 saturated carbocycles. The topological polar surface area (TPSA) is 29.9 Å². The zero-order valence-corrected chi connectivity index (χ0v) is 13.3. The quantitative estimate of drug-likeness (QED) is 0.909. The van der Waals surface area contributed by atoms with Crippen molar-refractivity contribution in [1.82, 2.24) is 15.1 Å². The lowest BCUT2D eigenvalue weighted by Gasteiger charge is -2.22. The Balaban J connectivity index is 2.38. The van der Waals surface area contributed by atoms with Crippen molar-refractivity contribution in [3.63, 3.8) is 0 Å². The highest BCUT2D eigenvalue weighted by molar-refractivity contribution is 6.31. The largest absolute Gasteiger partial charge is 0.312 e. The van der Waals surface area contributed by atoms with E-state index < -0.39 is 0 Å². The van der Waals surface area contributed by atoms with Gasteiger partial charge >= 0.3 is 0 Å². The van der Waals surface area contributed by atoms with E-state index in [0.29, 0.717) is 6.04 Å². The first-order chi connectivity index (χ1) is 9.50. The molecule has 2 aromatic rings. The van der Waals surface area contributed by atoms with Crippen molar-refractivity contribution in [2.75, 3.05) is 6.54 Å². The molecule has 1 N–H and O–H groups in total. The normalized spacial score (nSPS) is 12.9. The van der Waals surface area contributed by atoms with Crippen molar-refractivity contribution in [3.05, 3.63) is 52.3 Å². The molecule has 1 unspecified atom stereocenters. The lowest BCUT2D eigenvalue weighted by molar-refractivity contribution is 0.447. The molecule has 2 rings (SSSR count). The van der Waals surface area contributed by atoms with Gasteiger partial charge in [-0.3, -0.25) is 4.68 Å². The summed E-state index contributed by atoms with van der Waals surface area (Å²) < 4.78 is 2.03. The molecule has 0 spiro atoms. The third-order valence-corrected chi connectivity index (χ3v) is 3.98. The number of aryl methyl sites for hydroxylation is 1. The molecular weight excluding hydrogens is 270 g/mol. The Hall–Kier alpha value is -1.32. The smallest absolute Gasteiger partial charge is 0.0896 e. The summed E-state index contributed by atoms with van der Waals surface area (Å²) in [4.78, 5) is 0. The summed E-state index contributed by atoms with van der Waals surface area (Å²) in [6, 6.07) is 11.0. The highest BCUT2D eigenvalue weighted by atomic mass is 35.5. The molecule has 0 aliphatic carbocycles. The van der Waals surface area contributed by atoms with Crippen LogP contribution in [-0.2, 0) is 0 Å². The fourth-order valence-corrected chi connectivity index (χ4v) is 2.44. The van der Waals surface area contributed by atoms with Gasteiger partial charge in [-0.15, -0.1) is 0 Å². The van der Waals surface area contributed by atoms with E-state index in [2.05, 4.69) is 48.5 Å². The maximum absolute atomic E-state index is 6.29. The van der Waals surface area contributed by atoms with Gasteiger partial charge in [0, 0.05) is 12.6 Å². The highest BCUT2D eigenvalue weighted by Gasteiger charge is 2.19. The van der Waals surface area contributed by atoms with Crippen molar-refractivity contribution in [3.8, 4) is 0 Å². The predicted octanol–water partition coefficient (Wildman–Crippen LogP) is 3.74. The molecule has 1 aromatic heterocycles. The van der Waals surface area contributed by atoms with E-state index in [9.17, 15) is 0 Å². The Labute approximate surface area is 126 Å². The Morgan fingerprint density at radius 2 is 1.85 bits per heavy atom. The summed E-state index contributed by atoms with van der Waals surface area (Å²) in [5.74, 6) is 0. The summed E-state index contributed by atoms with van der Waals surface area (Å²) in [6.45, 7) is 9.10. The molecule has 0 fully saturated rings. The van der Waals surface area contributed by atoms with Crippen LogP contribution in [0.3, 0.4) is 0 Å². The van der Waals surface area contributed by atoms with Gasteiger partial charge in [-0.05, 0) is 19.4 Å². The van der Waals surface area contributed by atoms with Crippen molar-refractivity contribution in [2.45, 2.75) is 39.8 Å². The first kappa shape index (κ1) is 15.1. The molecule has 108 valence electrons. The van der Waals surface area contributed by atoms with Crippen molar-refractivity contribution in [1.29, 1.82) is 0 Å². The molecule has 4 heteroatoms. The predicted molar refractivity (Wildman–Crippen MR) is 84.4 cm³/mol. The average molecular weight is 292 g/mol. The molecule has 1 atom stereocenters. The van der Waals surface area contributed by atoms with Crippen molar-refractivity contribution in [2.24, 2.45) is 0 Å². The van der Waals surface area contributed by atoms with E-state index in [4.69, 9.17) is 11.6 Å². The van der Waals surface area contributed by atoms with Crippen molar-refractivity contribution >= 4 is 11.6 Å². The average Bonchev–Trinajstić information content (AvgIpc) is 2.68. The Morgan fingerprint density at radius 3 is 2.35 bits per heavy atom. The van der Waals surface area contributed by atoms with Crippen molar-refractivity contribution < 1.29 is 0 Å². The minimum absolute atomic E-state index is 0.157. The van der Waals surface area contributed by atoms with E-state index in [0.717, 1.165) is 23.0 Å². The van der Waals surface area contributed by atoms with Gasteiger partial charge in [-0.1, -0.05) is 55.8 Å². The SMILES string of the molecule is Cc1nn(C(CNC(C)C)c2ccccc2)c(C)c1Cl. The zero-order valence-electron chi connectivity index (χ0n) is 12.5. The molecule has 20 heavy (non-hydrogen) atoms. The lowest BCUT2D eigenvalue weighted by Crippen LogP contribution is -2.32. The molecule has 0 saturated heterocycles. The van der Waals surface area contributed by atoms with Crippen LogP contribution in [-0.4, -0.2) is 22.4 Å². The number of hydrogen-bond acceptors (Lipinski definition) is 2. The van der Waals surface area contributed by atoms with Gasteiger partial charge in [0.2, 0.25) is 0 Å². The van der Waals surface area contributed by atoms with Crippen LogP contribution in [0.1, 0.15) is 36.8 Å². The number of halogens is 1. The van der Waals surface area contributed by atoms with Gasteiger partial charge in [-0.2, -0.15) is 5.10 Å². The third kappa shape index (κ3) is 3.22. The second-order valence-electron chi connectivity index (χ2n) is 5.42. The van der Waals surface area contributed by atoms with Gasteiger partial charge in [-0.25, -0.2) is 0 Å². The highest BCUT2D eigenvalue weighted by Crippen LogP contribution is 2.25. The van der Waals surface area contributed by atoms with E-state index in [1.54, 1.807) is 0 Å². The molecule has 3 nitrogen and oxygen atoms in total. The van der Waals surface area contributed by atoms with Crippen LogP contribution in [0, 0.1) is 13.8 Å². The van der Waals surface area contributed by atoms with Crippen LogP contribution in [0.25, 0.3) is 0 Å². The maximum atomic E-state index is 6.29. The van der Waals surface area contributed by atoms with Crippen LogP contribution in [0.2, 0.25) is 5.02 Å². The number of benzene rings is 1. The zero-order chi connectivity index (χ0) is 14.7. The second kappa shape index (κ2) is 6.42. The molecule has 0 amide bonds. The van der Waals surface area contributed by atoms with E-state index in [1.807, 2.05) is 24.6 Å². The van der Waals surface area contributed by atoms with Gasteiger partial charge in [0.05, 0.1) is 22.5 Å². The fourth-order valence-electron chi connectivity index (χ4n) is 2.31. The summed E-state index contributed by atoms with van der Waals surface area (Å²) >= 11 is 6.29. The summed E-state index contributed by atoms with van der Waals surface area (Å²) in [5, 5.41) is 8.86. The lowest BCUT2D eigenvalue weighted by atomic mass is 10.1. The van der Waals surface area contributed by atoms with Crippen LogP contribution >= 0.6 is 11.6 Å². The molecule has 0 radical (unpaired) electrons. The standard InChI is InChI=1S/C16H22ClN3/c1-11(2)18-10-15(14-8-6-5-7-9-14)20-13(4)16(17)12(3)19-20/h5-9,11,15,18H,10H2,1-4H3. The molecule has 0 aliphatic rings. The van der Waals surface area contributed by atoms with Crippen LogP contribution in [0.15, 0.2) is 30.3 Å². The molecule has 1 aromatic carbocycles. The molecule has 0 bridgehead atoms. The second-order valence-corrected chi connectivity index (χ2v) is 5.80. The van der Waals surface area contributed by atoms with E-state index in [-0.39, 0.29) is 6.04 Å². The minimum Gasteiger partial charge on any atom is -0.312 e. The Morgan fingerprint density at radius 1 is 1.20 bits per heavy atom. The van der Waals surface area contributed by atoms with Crippen LogP contribution in [0.5, 0.6) is 0 Å². The first-order valence-electron chi connectivity index (χ1n) is 7.00. The minimum atomic E-state index is 0.157. The van der Waals surface area contributed by atoms with E-state index >= 15 is 0 Å². The third-order valence-electron chi connectivity index (χ3n) is 3.44. The summed E-state index contributed by atoms with van der Waals surface area (Å²) in [7, 11) is 0. The van der Waals surface area contributed by atoms with Crippen LogP contribution in [0.4, 0.5) is 0 Å². The Kier molecular flexibility index (Phi) is 4.84. The fraction of sp³-hybridized carbons (Fsp3) is 0.438. The first-order valence-corrected chi connectivity index (χ1v) is 7.38. The number of nitrogens with one attached hydrogen (secondary N) is 1.